The molecule has 1 aromatic carbocycles. The lowest BCUT2D eigenvalue weighted by molar-refractivity contribution is -0.385. The van der Waals surface area contributed by atoms with Gasteiger partial charge in [-0.25, -0.2) is 4.98 Å². The Morgan fingerprint density at radius 3 is 2.48 bits per heavy atom. The molecule has 2 aromatic rings. The van der Waals surface area contributed by atoms with E-state index in [1.165, 1.54) is 12.1 Å². The highest BCUT2D eigenvalue weighted by Gasteiger charge is 2.31. The largest absolute Gasteiger partial charge is 0.417 e. The number of nitro benzene ring substituents is 1. The summed E-state index contributed by atoms with van der Waals surface area (Å²) >= 11 is 0. The molecule has 1 N–H and O–H groups in total. The first-order chi connectivity index (χ1) is 13.7. The Balaban J connectivity index is 1.61. The van der Waals surface area contributed by atoms with Crippen molar-refractivity contribution in [1.29, 1.82) is 0 Å². The number of pyridine rings is 1. The number of nitrogens with one attached hydrogen (secondary N) is 1. The summed E-state index contributed by atoms with van der Waals surface area (Å²) in [5.41, 5.74) is -0.591. The molecule has 7 nitrogen and oxygen atoms in total. The zero-order chi connectivity index (χ0) is 21.2. The second-order valence-electron chi connectivity index (χ2n) is 6.87. The average molecular weight is 408 g/mol. The highest BCUT2D eigenvalue weighted by Crippen LogP contribution is 2.30. The van der Waals surface area contributed by atoms with Gasteiger partial charge in [-0.2, -0.15) is 13.2 Å². The number of nitrogens with zero attached hydrogens (tertiary/aromatic N) is 3. The first-order valence-electron chi connectivity index (χ1n) is 9.00. The summed E-state index contributed by atoms with van der Waals surface area (Å²) in [7, 11) is 0. The number of amides is 1. The molecule has 0 bridgehead atoms. The van der Waals surface area contributed by atoms with Gasteiger partial charge < -0.3 is 10.2 Å². The number of benzene rings is 1. The van der Waals surface area contributed by atoms with Gasteiger partial charge in [-0.1, -0.05) is 12.1 Å². The van der Waals surface area contributed by atoms with Gasteiger partial charge in [0.05, 0.1) is 10.5 Å². The number of hydrogen-bond acceptors (Lipinski definition) is 5. The number of carbonyl (C=O) groups excluding carboxylic acids is 1. The van der Waals surface area contributed by atoms with Crippen LogP contribution in [0, 0.1) is 17.0 Å². The van der Waals surface area contributed by atoms with Gasteiger partial charge in [-0.15, -0.1) is 0 Å². The fourth-order valence-electron chi connectivity index (χ4n) is 3.34. The standard InChI is InChI=1S/C19H19F3N4O3/c1-12-3-2-4-15(17(12)26(28)29)18(27)24-14-7-9-25(10-8-14)16-6-5-13(11-23-16)19(20,21)22/h2-6,11,14H,7-10H2,1H3,(H,24,27). The second kappa shape index (κ2) is 8.06. The monoisotopic (exact) mass is 408 g/mol. The van der Waals surface area contributed by atoms with Crippen LogP contribution in [0.3, 0.4) is 0 Å². The Morgan fingerprint density at radius 1 is 1.24 bits per heavy atom. The van der Waals surface area contributed by atoms with Crippen LogP contribution in [0.15, 0.2) is 36.5 Å². The second-order valence-corrected chi connectivity index (χ2v) is 6.87. The van der Waals surface area contributed by atoms with E-state index in [1.807, 2.05) is 4.90 Å². The van der Waals surface area contributed by atoms with Gasteiger partial charge in [0.1, 0.15) is 11.4 Å². The summed E-state index contributed by atoms with van der Waals surface area (Å²) in [6.07, 6.45) is -2.52. The topological polar surface area (TPSA) is 88.4 Å². The predicted octanol–water partition coefficient (Wildman–Crippen LogP) is 3.72. The van der Waals surface area contributed by atoms with Crippen molar-refractivity contribution in [3.8, 4) is 0 Å². The Bertz CT molecular complexity index is 908. The first-order valence-corrected chi connectivity index (χ1v) is 9.00. The van der Waals surface area contributed by atoms with Gasteiger partial charge in [-0.05, 0) is 38.0 Å². The third-order valence-electron chi connectivity index (χ3n) is 4.89. The maximum Gasteiger partial charge on any atom is 0.417 e. The van der Waals surface area contributed by atoms with Gasteiger partial charge in [0.25, 0.3) is 11.6 Å². The summed E-state index contributed by atoms with van der Waals surface area (Å²) in [6, 6.07) is 6.72. The van der Waals surface area contributed by atoms with Crippen LogP contribution in [0.4, 0.5) is 24.7 Å². The summed E-state index contributed by atoms with van der Waals surface area (Å²) in [5, 5.41) is 14.1. The number of aryl methyl sites for hydroxylation is 1. The van der Waals surface area contributed by atoms with E-state index < -0.39 is 22.6 Å². The van der Waals surface area contributed by atoms with Crippen LogP contribution < -0.4 is 10.2 Å². The molecule has 1 aliphatic heterocycles. The number of piperidine rings is 1. The van der Waals surface area contributed by atoms with Gasteiger partial charge in [0.2, 0.25) is 0 Å². The smallest absolute Gasteiger partial charge is 0.356 e. The van der Waals surface area contributed by atoms with Crippen molar-refractivity contribution >= 4 is 17.4 Å². The SMILES string of the molecule is Cc1cccc(C(=O)NC2CCN(c3ccc(C(F)(F)F)cn3)CC2)c1[N+](=O)[O-]. The van der Waals surface area contributed by atoms with E-state index in [0.717, 1.165) is 12.3 Å². The van der Waals surface area contributed by atoms with Crippen molar-refractivity contribution in [3.05, 3.63) is 63.3 Å². The van der Waals surface area contributed by atoms with Crippen molar-refractivity contribution in [2.75, 3.05) is 18.0 Å². The zero-order valence-electron chi connectivity index (χ0n) is 15.6. The lowest BCUT2D eigenvalue weighted by Gasteiger charge is -2.33. The van der Waals surface area contributed by atoms with Crippen LogP contribution in [-0.2, 0) is 6.18 Å². The van der Waals surface area contributed by atoms with E-state index in [1.54, 1.807) is 19.1 Å². The molecule has 2 heterocycles. The van der Waals surface area contributed by atoms with Crippen molar-refractivity contribution < 1.29 is 22.9 Å². The molecule has 1 aromatic heterocycles. The van der Waals surface area contributed by atoms with Crippen LogP contribution >= 0.6 is 0 Å². The summed E-state index contributed by atoms with van der Waals surface area (Å²) in [5.74, 6) is -0.0661. The molecule has 10 heteroatoms. The number of anilines is 1. The maximum atomic E-state index is 12.6. The van der Waals surface area contributed by atoms with E-state index in [4.69, 9.17) is 0 Å². The van der Waals surface area contributed by atoms with Crippen molar-refractivity contribution in [3.63, 3.8) is 0 Å². The Morgan fingerprint density at radius 2 is 1.93 bits per heavy atom. The third kappa shape index (κ3) is 4.64. The molecule has 0 unspecified atom stereocenters. The molecule has 0 saturated carbocycles. The van der Waals surface area contributed by atoms with Crippen LogP contribution in [0.5, 0.6) is 0 Å². The van der Waals surface area contributed by atoms with E-state index in [9.17, 15) is 28.1 Å². The number of alkyl halides is 3. The Hall–Kier alpha value is -3.17. The quantitative estimate of drug-likeness (QED) is 0.615. The molecule has 1 amide bonds. The molecular formula is C19H19F3N4O3. The van der Waals surface area contributed by atoms with E-state index in [0.29, 0.717) is 37.3 Å². The molecule has 29 heavy (non-hydrogen) atoms. The predicted molar refractivity (Wildman–Crippen MR) is 99.8 cm³/mol. The average Bonchev–Trinajstić information content (AvgIpc) is 2.67. The molecular weight excluding hydrogens is 389 g/mol. The number of rotatable bonds is 4. The fraction of sp³-hybridized carbons (Fsp3) is 0.368. The van der Waals surface area contributed by atoms with E-state index in [2.05, 4.69) is 10.3 Å². The highest BCUT2D eigenvalue weighted by atomic mass is 19.4. The normalized spacial score (nSPS) is 15.2. The van der Waals surface area contributed by atoms with Gasteiger partial charge in [0, 0.05) is 30.9 Å². The van der Waals surface area contributed by atoms with Gasteiger partial charge >= 0.3 is 6.18 Å². The van der Waals surface area contributed by atoms with E-state index >= 15 is 0 Å². The minimum Gasteiger partial charge on any atom is -0.356 e. The van der Waals surface area contributed by atoms with Crippen LogP contribution in [0.25, 0.3) is 0 Å². The third-order valence-corrected chi connectivity index (χ3v) is 4.89. The van der Waals surface area contributed by atoms with Crippen LogP contribution in [-0.4, -0.2) is 34.9 Å². The number of carbonyl (C=O) groups is 1. The summed E-state index contributed by atoms with van der Waals surface area (Å²) < 4.78 is 37.9. The molecule has 0 spiro atoms. The van der Waals surface area contributed by atoms with Crippen molar-refractivity contribution in [2.45, 2.75) is 32.0 Å². The van der Waals surface area contributed by atoms with Crippen molar-refractivity contribution in [2.24, 2.45) is 0 Å². The summed E-state index contributed by atoms with van der Waals surface area (Å²) in [6.45, 7) is 2.57. The van der Waals surface area contributed by atoms with E-state index in [-0.39, 0.29) is 17.3 Å². The fourth-order valence-corrected chi connectivity index (χ4v) is 3.34. The number of para-hydroxylation sites is 1. The van der Waals surface area contributed by atoms with Gasteiger partial charge in [-0.3, -0.25) is 14.9 Å². The molecule has 1 aliphatic rings. The summed E-state index contributed by atoms with van der Waals surface area (Å²) in [4.78, 5) is 29.0. The Labute approximate surface area is 164 Å². The molecule has 0 atom stereocenters. The number of nitro groups is 1. The Kier molecular flexibility index (Phi) is 5.71. The number of aromatic nitrogens is 1. The van der Waals surface area contributed by atoms with Gasteiger partial charge in [0.15, 0.2) is 0 Å². The maximum absolute atomic E-state index is 12.6. The zero-order valence-corrected chi connectivity index (χ0v) is 15.6. The molecule has 0 radical (unpaired) electrons. The minimum atomic E-state index is -4.43. The molecule has 154 valence electrons. The number of hydrogen-bond donors (Lipinski definition) is 1. The van der Waals surface area contributed by atoms with Crippen LogP contribution in [0.2, 0.25) is 0 Å². The first kappa shape index (κ1) is 20.6. The molecule has 1 saturated heterocycles. The van der Waals surface area contributed by atoms with Crippen LogP contribution in [0.1, 0.15) is 34.3 Å². The molecule has 0 aliphatic carbocycles. The molecule has 1 fully saturated rings. The lowest BCUT2D eigenvalue weighted by Crippen LogP contribution is -2.45. The van der Waals surface area contributed by atoms with Crippen molar-refractivity contribution in [1.82, 2.24) is 10.3 Å². The number of halogens is 3. The highest BCUT2D eigenvalue weighted by molar-refractivity contribution is 5.98. The lowest BCUT2D eigenvalue weighted by atomic mass is 10.0. The molecule has 3 rings (SSSR count). The minimum absolute atomic E-state index is 0.0156.